The van der Waals surface area contributed by atoms with Crippen molar-refractivity contribution in [1.82, 2.24) is 15.5 Å². The third-order valence-electron chi connectivity index (χ3n) is 5.85. The zero-order valence-corrected chi connectivity index (χ0v) is 20.2. The third kappa shape index (κ3) is 8.84. The Kier molecular flexibility index (Phi) is 12.2. The van der Waals surface area contributed by atoms with Gasteiger partial charge in [0.15, 0.2) is 0 Å². The summed E-state index contributed by atoms with van der Waals surface area (Å²) in [5.41, 5.74) is 5.79. The molecule has 5 atom stereocenters. The number of aliphatic carboxylic acids is 2. The van der Waals surface area contributed by atoms with Gasteiger partial charge in [-0.2, -0.15) is 11.8 Å². The van der Waals surface area contributed by atoms with Crippen LogP contribution in [0, 0.1) is 5.92 Å². The number of carboxylic acid groups (broad SMARTS) is 2. The van der Waals surface area contributed by atoms with E-state index in [0.717, 1.165) is 0 Å². The lowest BCUT2D eigenvalue weighted by Gasteiger charge is -2.32. The smallest absolute Gasteiger partial charge is 0.326 e. The topological polar surface area (TPSA) is 179 Å². The molecule has 0 spiro atoms. The van der Waals surface area contributed by atoms with Crippen LogP contribution in [0.5, 0.6) is 0 Å². The lowest BCUT2D eigenvalue weighted by molar-refractivity contribution is -0.145. The number of rotatable bonds is 14. The van der Waals surface area contributed by atoms with Gasteiger partial charge >= 0.3 is 11.9 Å². The molecule has 33 heavy (non-hydrogen) atoms. The molecule has 0 aromatic rings. The minimum absolute atomic E-state index is 0.0655. The van der Waals surface area contributed by atoms with Crippen molar-refractivity contribution in [2.75, 3.05) is 18.6 Å². The summed E-state index contributed by atoms with van der Waals surface area (Å²) in [5.74, 6) is -3.49. The van der Waals surface area contributed by atoms with Gasteiger partial charge in [0.05, 0.1) is 6.04 Å². The molecule has 0 aromatic heterocycles. The Bertz CT molecular complexity index is 721. The van der Waals surface area contributed by atoms with Crippen LogP contribution < -0.4 is 16.4 Å². The number of nitrogens with two attached hydrogens (primary N) is 1. The molecule has 0 bridgehead atoms. The van der Waals surface area contributed by atoms with Gasteiger partial charge in [0, 0.05) is 13.0 Å². The van der Waals surface area contributed by atoms with Crippen LogP contribution >= 0.6 is 11.8 Å². The summed E-state index contributed by atoms with van der Waals surface area (Å²) < 4.78 is 0. The molecule has 0 aliphatic carbocycles. The fraction of sp³-hybridized carbons (Fsp3) is 0.762. The Hall–Kier alpha value is -2.34. The predicted molar refractivity (Wildman–Crippen MR) is 124 cm³/mol. The summed E-state index contributed by atoms with van der Waals surface area (Å²) in [4.78, 5) is 62.3. The summed E-state index contributed by atoms with van der Waals surface area (Å²) in [7, 11) is 0. The first-order chi connectivity index (χ1) is 15.5. The summed E-state index contributed by atoms with van der Waals surface area (Å²) in [6.45, 7) is 3.96. The highest BCUT2D eigenvalue weighted by atomic mass is 32.2. The van der Waals surface area contributed by atoms with E-state index in [-0.39, 0.29) is 25.2 Å². The van der Waals surface area contributed by atoms with Crippen LogP contribution in [0.15, 0.2) is 0 Å². The number of likely N-dealkylation sites (tertiary alicyclic amines) is 1. The van der Waals surface area contributed by atoms with E-state index < -0.39 is 53.8 Å². The van der Waals surface area contributed by atoms with Crippen LogP contribution in [0.4, 0.5) is 0 Å². The number of carbonyl (C=O) groups excluding carboxylic acids is 3. The molecular weight excluding hydrogens is 452 g/mol. The molecule has 0 saturated carbocycles. The summed E-state index contributed by atoms with van der Waals surface area (Å²) >= 11 is 1.47. The van der Waals surface area contributed by atoms with Crippen LogP contribution in [0.2, 0.25) is 0 Å². The zero-order chi connectivity index (χ0) is 25.1. The fourth-order valence-corrected chi connectivity index (χ4v) is 4.07. The largest absolute Gasteiger partial charge is 0.481 e. The minimum atomic E-state index is -1.13. The molecule has 12 heteroatoms. The number of amides is 3. The first-order valence-electron chi connectivity index (χ1n) is 11.1. The van der Waals surface area contributed by atoms with Crippen molar-refractivity contribution in [2.24, 2.45) is 11.7 Å². The van der Waals surface area contributed by atoms with Crippen LogP contribution in [-0.4, -0.2) is 87.5 Å². The van der Waals surface area contributed by atoms with Crippen molar-refractivity contribution in [3.63, 3.8) is 0 Å². The predicted octanol–water partition coefficient (Wildman–Crippen LogP) is 0.0229. The second-order valence-corrected chi connectivity index (χ2v) is 9.27. The normalized spacial score (nSPS) is 19.3. The van der Waals surface area contributed by atoms with E-state index in [2.05, 4.69) is 10.6 Å². The van der Waals surface area contributed by atoms with Crippen molar-refractivity contribution in [2.45, 2.75) is 76.5 Å². The number of carbonyl (C=O) groups is 5. The van der Waals surface area contributed by atoms with Crippen LogP contribution in [0.3, 0.4) is 0 Å². The van der Waals surface area contributed by atoms with E-state index in [4.69, 9.17) is 10.8 Å². The van der Waals surface area contributed by atoms with Gasteiger partial charge in [-0.1, -0.05) is 20.3 Å². The van der Waals surface area contributed by atoms with Gasteiger partial charge in [0.25, 0.3) is 0 Å². The van der Waals surface area contributed by atoms with Crippen molar-refractivity contribution in [3.05, 3.63) is 0 Å². The number of nitrogens with one attached hydrogen (secondary N) is 2. The number of nitrogens with zero attached hydrogens (tertiary/aromatic N) is 1. The Balaban J connectivity index is 2.93. The SMILES string of the molecule is CCC(C)C(NC(=O)C(N)CCC(=O)O)C(=O)N1CCCC1C(=O)NC(CCSC)C(=O)O. The highest BCUT2D eigenvalue weighted by Crippen LogP contribution is 2.22. The lowest BCUT2D eigenvalue weighted by atomic mass is 9.96. The summed E-state index contributed by atoms with van der Waals surface area (Å²) in [6, 6.07) is -3.87. The quantitative estimate of drug-likeness (QED) is 0.225. The molecule has 0 radical (unpaired) electrons. The van der Waals surface area contributed by atoms with Gasteiger partial charge in [0.2, 0.25) is 17.7 Å². The van der Waals surface area contributed by atoms with Gasteiger partial charge in [-0.25, -0.2) is 4.79 Å². The second kappa shape index (κ2) is 14.0. The zero-order valence-electron chi connectivity index (χ0n) is 19.4. The van der Waals surface area contributed by atoms with Crippen molar-refractivity contribution in [1.29, 1.82) is 0 Å². The highest BCUT2D eigenvalue weighted by Gasteiger charge is 2.40. The molecule has 1 rings (SSSR count). The molecule has 1 saturated heterocycles. The molecule has 11 nitrogen and oxygen atoms in total. The summed E-state index contributed by atoms with van der Waals surface area (Å²) in [5, 5.41) is 23.3. The first kappa shape index (κ1) is 28.7. The monoisotopic (exact) mass is 488 g/mol. The van der Waals surface area contributed by atoms with Gasteiger partial charge in [-0.05, 0) is 43.6 Å². The standard InChI is InChI=1S/C21H36N4O7S/c1-4-12(2)17(24-18(28)13(22)7-8-16(26)27)20(30)25-10-5-6-15(25)19(29)23-14(21(31)32)9-11-33-3/h12-15,17H,4-11,22H2,1-3H3,(H,23,29)(H,24,28)(H,26,27)(H,31,32). The van der Waals surface area contributed by atoms with E-state index in [1.807, 2.05) is 13.2 Å². The number of carboxylic acids is 2. The molecule has 0 aromatic carbocycles. The molecule has 5 unspecified atom stereocenters. The van der Waals surface area contributed by atoms with E-state index in [1.54, 1.807) is 6.92 Å². The maximum absolute atomic E-state index is 13.4. The van der Waals surface area contributed by atoms with E-state index >= 15 is 0 Å². The molecule has 188 valence electrons. The maximum atomic E-state index is 13.4. The van der Waals surface area contributed by atoms with Gasteiger partial charge < -0.3 is 31.5 Å². The molecular formula is C21H36N4O7S. The Labute approximate surface area is 198 Å². The van der Waals surface area contributed by atoms with E-state index in [1.165, 1.54) is 16.7 Å². The minimum Gasteiger partial charge on any atom is -0.481 e. The molecule has 3 amide bonds. The van der Waals surface area contributed by atoms with Crippen molar-refractivity contribution >= 4 is 41.4 Å². The molecule has 1 fully saturated rings. The Morgan fingerprint density at radius 2 is 1.82 bits per heavy atom. The molecule has 1 aliphatic heterocycles. The molecule has 6 N–H and O–H groups in total. The average Bonchev–Trinajstić information content (AvgIpc) is 3.27. The first-order valence-corrected chi connectivity index (χ1v) is 12.5. The number of thioether (sulfide) groups is 1. The van der Waals surface area contributed by atoms with E-state index in [0.29, 0.717) is 31.6 Å². The Morgan fingerprint density at radius 3 is 2.36 bits per heavy atom. The van der Waals surface area contributed by atoms with Crippen LogP contribution in [-0.2, 0) is 24.0 Å². The molecule has 1 aliphatic rings. The van der Waals surface area contributed by atoms with Gasteiger partial charge in [-0.3, -0.25) is 19.2 Å². The average molecular weight is 489 g/mol. The van der Waals surface area contributed by atoms with E-state index in [9.17, 15) is 29.1 Å². The second-order valence-electron chi connectivity index (χ2n) is 8.28. The van der Waals surface area contributed by atoms with Gasteiger partial charge in [-0.15, -0.1) is 0 Å². The molecule has 1 heterocycles. The van der Waals surface area contributed by atoms with Crippen LogP contribution in [0.25, 0.3) is 0 Å². The number of hydrogen-bond donors (Lipinski definition) is 5. The number of hydrogen-bond acceptors (Lipinski definition) is 7. The van der Waals surface area contributed by atoms with Crippen molar-refractivity contribution in [3.8, 4) is 0 Å². The highest BCUT2D eigenvalue weighted by molar-refractivity contribution is 7.98. The summed E-state index contributed by atoms with van der Waals surface area (Å²) in [6.07, 6.45) is 3.31. The van der Waals surface area contributed by atoms with Crippen LogP contribution in [0.1, 0.15) is 52.4 Å². The lowest BCUT2D eigenvalue weighted by Crippen LogP contribution is -2.58. The Morgan fingerprint density at radius 1 is 1.15 bits per heavy atom. The maximum Gasteiger partial charge on any atom is 0.326 e. The fourth-order valence-electron chi connectivity index (χ4n) is 3.60. The third-order valence-corrected chi connectivity index (χ3v) is 6.49. The van der Waals surface area contributed by atoms with Gasteiger partial charge in [0.1, 0.15) is 18.1 Å². The van der Waals surface area contributed by atoms with Crippen molar-refractivity contribution < 1.29 is 34.2 Å².